The molecule has 2 aromatic heterocycles. The lowest BCUT2D eigenvalue weighted by Gasteiger charge is -2.34. The van der Waals surface area contributed by atoms with Crippen molar-refractivity contribution < 1.29 is 13.9 Å². The highest BCUT2D eigenvalue weighted by Gasteiger charge is 2.36. The van der Waals surface area contributed by atoms with Crippen molar-refractivity contribution in [3.63, 3.8) is 0 Å². The van der Waals surface area contributed by atoms with E-state index in [0.717, 1.165) is 0 Å². The second kappa shape index (κ2) is 6.16. The Morgan fingerprint density at radius 2 is 2.12 bits per heavy atom. The summed E-state index contributed by atoms with van der Waals surface area (Å²) in [5.41, 5.74) is 0.508. The lowest BCUT2D eigenvalue weighted by molar-refractivity contribution is -0.125. The van der Waals surface area contributed by atoms with E-state index in [1.54, 1.807) is 30.6 Å². The van der Waals surface area contributed by atoms with Gasteiger partial charge in [0.15, 0.2) is 5.13 Å². The quantitative estimate of drug-likeness (QED) is 0.786. The molecule has 1 N–H and O–H groups in total. The molecule has 1 amide bonds. The van der Waals surface area contributed by atoms with E-state index < -0.39 is 0 Å². The summed E-state index contributed by atoms with van der Waals surface area (Å²) in [6.45, 7) is 0. The fourth-order valence-electron chi connectivity index (χ4n) is 2.76. The maximum absolute atomic E-state index is 13.8. The Labute approximate surface area is 141 Å². The number of anilines is 1. The molecule has 0 spiro atoms. The van der Waals surface area contributed by atoms with Crippen LogP contribution in [-0.2, 0) is 4.79 Å². The first kappa shape index (κ1) is 15.0. The van der Waals surface area contributed by atoms with Gasteiger partial charge in [0.05, 0.1) is 0 Å². The van der Waals surface area contributed by atoms with Crippen LogP contribution in [0.3, 0.4) is 0 Å². The SMILES string of the molecule is O=C(Nc1nccs1)C1CC(Oc2ccc(F)c3cccnc23)C1. The number of halogens is 1. The van der Waals surface area contributed by atoms with Crippen LogP contribution in [0.5, 0.6) is 5.75 Å². The van der Waals surface area contributed by atoms with Crippen LogP contribution in [0.15, 0.2) is 42.0 Å². The Kier molecular flexibility index (Phi) is 3.86. The van der Waals surface area contributed by atoms with Gasteiger partial charge < -0.3 is 10.1 Å². The van der Waals surface area contributed by atoms with Crippen LogP contribution in [0, 0.1) is 11.7 Å². The van der Waals surface area contributed by atoms with E-state index in [9.17, 15) is 9.18 Å². The van der Waals surface area contributed by atoms with Gasteiger partial charge in [0.2, 0.25) is 5.91 Å². The summed E-state index contributed by atoms with van der Waals surface area (Å²) in [6, 6.07) is 6.34. The zero-order chi connectivity index (χ0) is 16.5. The number of aromatic nitrogens is 2. The molecule has 0 unspecified atom stereocenters. The number of fused-ring (bicyclic) bond motifs is 1. The number of carbonyl (C=O) groups excluding carboxylic acids is 1. The Hall–Kier alpha value is -2.54. The van der Waals surface area contributed by atoms with Crippen LogP contribution in [0.1, 0.15) is 12.8 Å². The van der Waals surface area contributed by atoms with Crippen molar-refractivity contribution in [1.29, 1.82) is 0 Å². The molecular formula is C17H14FN3O2S. The molecule has 1 aliphatic rings. The Balaban J connectivity index is 1.40. The number of rotatable bonds is 4. The molecule has 2 heterocycles. The number of benzene rings is 1. The minimum Gasteiger partial charge on any atom is -0.488 e. The third-order valence-electron chi connectivity index (χ3n) is 4.10. The first-order chi connectivity index (χ1) is 11.7. The maximum Gasteiger partial charge on any atom is 0.229 e. The highest BCUT2D eigenvalue weighted by atomic mass is 32.1. The molecule has 0 aliphatic heterocycles. The van der Waals surface area contributed by atoms with Gasteiger partial charge in [0.25, 0.3) is 0 Å². The van der Waals surface area contributed by atoms with Crippen molar-refractivity contribution >= 4 is 33.3 Å². The number of thiazole rings is 1. The van der Waals surface area contributed by atoms with Crippen LogP contribution >= 0.6 is 11.3 Å². The summed E-state index contributed by atoms with van der Waals surface area (Å²) in [7, 11) is 0. The smallest absolute Gasteiger partial charge is 0.229 e. The molecule has 1 aliphatic carbocycles. The minimum atomic E-state index is -0.320. The second-order valence-electron chi connectivity index (χ2n) is 5.68. The fraction of sp³-hybridized carbons (Fsp3) is 0.235. The topological polar surface area (TPSA) is 64.1 Å². The number of amides is 1. The molecule has 1 fully saturated rings. The normalized spacial score (nSPS) is 19.7. The summed E-state index contributed by atoms with van der Waals surface area (Å²) in [6.07, 6.45) is 4.46. The molecule has 7 heteroatoms. The number of nitrogens with one attached hydrogen (secondary N) is 1. The number of nitrogens with zero attached hydrogens (tertiary/aromatic N) is 2. The van der Waals surface area contributed by atoms with Gasteiger partial charge in [-0.05, 0) is 37.1 Å². The van der Waals surface area contributed by atoms with Crippen molar-refractivity contribution in [1.82, 2.24) is 9.97 Å². The summed E-state index contributed by atoms with van der Waals surface area (Å²) in [5, 5.41) is 5.66. The third-order valence-corrected chi connectivity index (χ3v) is 4.79. The molecular weight excluding hydrogens is 329 g/mol. The predicted molar refractivity (Wildman–Crippen MR) is 89.6 cm³/mol. The van der Waals surface area contributed by atoms with Gasteiger partial charge in [0.1, 0.15) is 23.2 Å². The van der Waals surface area contributed by atoms with Gasteiger partial charge >= 0.3 is 0 Å². The van der Waals surface area contributed by atoms with Crippen molar-refractivity contribution in [2.45, 2.75) is 18.9 Å². The van der Waals surface area contributed by atoms with E-state index >= 15 is 0 Å². The van der Waals surface area contributed by atoms with Gasteiger partial charge in [-0.15, -0.1) is 11.3 Å². The molecule has 0 atom stereocenters. The fourth-order valence-corrected chi connectivity index (χ4v) is 3.29. The molecule has 1 aromatic carbocycles. The summed E-state index contributed by atoms with van der Waals surface area (Å²) in [5.74, 6) is 0.112. The molecule has 1 saturated carbocycles. The first-order valence-corrected chi connectivity index (χ1v) is 8.49. The van der Waals surface area contributed by atoms with Crippen LogP contribution in [0.2, 0.25) is 0 Å². The predicted octanol–water partition coefficient (Wildman–Crippen LogP) is 3.63. The minimum absolute atomic E-state index is 0.0353. The van der Waals surface area contributed by atoms with E-state index in [0.29, 0.717) is 34.6 Å². The lowest BCUT2D eigenvalue weighted by atomic mass is 9.81. The zero-order valence-electron chi connectivity index (χ0n) is 12.6. The van der Waals surface area contributed by atoms with Gasteiger partial charge in [-0.25, -0.2) is 9.37 Å². The lowest BCUT2D eigenvalue weighted by Crippen LogP contribution is -2.40. The Morgan fingerprint density at radius 1 is 1.25 bits per heavy atom. The summed E-state index contributed by atoms with van der Waals surface area (Å²) in [4.78, 5) is 20.3. The van der Waals surface area contributed by atoms with Gasteiger partial charge in [-0.3, -0.25) is 9.78 Å². The van der Waals surface area contributed by atoms with Crippen molar-refractivity contribution in [2.24, 2.45) is 5.92 Å². The highest BCUT2D eigenvalue weighted by Crippen LogP contribution is 2.35. The molecule has 122 valence electrons. The van der Waals surface area contributed by atoms with Crippen molar-refractivity contribution in [3.05, 3.63) is 47.9 Å². The standard InChI is InChI=1S/C17H14FN3O2S/c18-13-3-4-14(15-12(13)2-1-5-19-15)23-11-8-10(9-11)16(22)21-17-20-6-7-24-17/h1-7,10-11H,8-9H2,(H,20,21,22). The van der Waals surface area contributed by atoms with Gasteiger partial charge in [0, 0.05) is 29.1 Å². The van der Waals surface area contributed by atoms with Crippen molar-refractivity contribution in [2.75, 3.05) is 5.32 Å². The number of hydrogen-bond acceptors (Lipinski definition) is 5. The van der Waals surface area contributed by atoms with E-state index in [1.807, 2.05) is 5.38 Å². The molecule has 3 aromatic rings. The van der Waals surface area contributed by atoms with Crippen LogP contribution in [-0.4, -0.2) is 22.0 Å². The Morgan fingerprint density at radius 3 is 2.92 bits per heavy atom. The van der Waals surface area contributed by atoms with E-state index in [2.05, 4.69) is 15.3 Å². The van der Waals surface area contributed by atoms with E-state index in [-0.39, 0.29) is 23.7 Å². The molecule has 4 rings (SSSR count). The molecule has 24 heavy (non-hydrogen) atoms. The summed E-state index contributed by atoms with van der Waals surface area (Å²) < 4.78 is 19.7. The highest BCUT2D eigenvalue weighted by molar-refractivity contribution is 7.13. The maximum atomic E-state index is 13.8. The number of ether oxygens (including phenoxy) is 1. The largest absolute Gasteiger partial charge is 0.488 e. The summed E-state index contributed by atoms with van der Waals surface area (Å²) >= 11 is 1.39. The molecule has 0 saturated heterocycles. The van der Waals surface area contributed by atoms with Crippen LogP contribution in [0.4, 0.5) is 9.52 Å². The third kappa shape index (κ3) is 2.82. The van der Waals surface area contributed by atoms with E-state index in [1.165, 1.54) is 17.4 Å². The molecule has 5 nitrogen and oxygen atoms in total. The van der Waals surface area contributed by atoms with Crippen LogP contribution < -0.4 is 10.1 Å². The zero-order valence-corrected chi connectivity index (χ0v) is 13.4. The monoisotopic (exact) mass is 343 g/mol. The number of carbonyl (C=O) groups is 1. The van der Waals surface area contributed by atoms with Gasteiger partial charge in [-0.1, -0.05) is 0 Å². The number of pyridine rings is 1. The average molecular weight is 343 g/mol. The average Bonchev–Trinajstić information content (AvgIpc) is 3.05. The molecule has 0 bridgehead atoms. The first-order valence-electron chi connectivity index (χ1n) is 7.61. The number of hydrogen-bond donors (Lipinski definition) is 1. The molecule has 0 radical (unpaired) electrons. The second-order valence-corrected chi connectivity index (χ2v) is 6.57. The van der Waals surface area contributed by atoms with E-state index in [4.69, 9.17) is 4.74 Å². The van der Waals surface area contributed by atoms with Crippen molar-refractivity contribution in [3.8, 4) is 5.75 Å². The Bertz CT molecular complexity index is 879. The van der Waals surface area contributed by atoms with Gasteiger partial charge in [-0.2, -0.15) is 0 Å². The van der Waals surface area contributed by atoms with Crippen LogP contribution in [0.25, 0.3) is 10.9 Å².